The molecule has 0 saturated carbocycles. The minimum Gasteiger partial charge on any atom is -0.378 e. The third-order valence-electron chi connectivity index (χ3n) is 5.66. The standard InChI is InChI=1S/C27H30N6O2/c1-4-5-6-7-18-32-26(19-22(20-28)21-8-12-25(13-9-21)33(34)35)16-17-27(32)30-29-23-10-14-24(15-11-23)31(2)3/h8-17,19H,4-7,18H2,1-3H3/b22-19+,30-29?. The zero-order valence-corrected chi connectivity index (χ0v) is 20.4. The van der Waals surface area contributed by atoms with Gasteiger partial charge in [0.15, 0.2) is 5.82 Å². The van der Waals surface area contributed by atoms with Crippen molar-refractivity contribution in [1.82, 2.24) is 4.57 Å². The Hall–Kier alpha value is -4.25. The smallest absolute Gasteiger partial charge is 0.269 e. The molecule has 0 aliphatic carbocycles. The van der Waals surface area contributed by atoms with E-state index in [1.165, 1.54) is 12.1 Å². The average Bonchev–Trinajstić information content (AvgIpc) is 3.25. The van der Waals surface area contributed by atoms with Gasteiger partial charge in [0.1, 0.15) is 0 Å². The number of nitro groups is 1. The Morgan fingerprint density at radius 2 is 1.74 bits per heavy atom. The van der Waals surface area contributed by atoms with Gasteiger partial charge in [0.2, 0.25) is 0 Å². The summed E-state index contributed by atoms with van der Waals surface area (Å²) in [7, 11) is 3.98. The Morgan fingerprint density at radius 1 is 1.03 bits per heavy atom. The maximum atomic E-state index is 10.9. The summed E-state index contributed by atoms with van der Waals surface area (Å²) in [4.78, 5) is 12.5. The average molecular weight is 471 g/mol. The van der Waals surface area contributed by atoms with Gasteiger partial charge in [-0.05, 0) is 66.6 Å². The number of allylic oxidation sites excluding steroid dienone is 1. The van der Waals surface area contributed by atoms with Crippen LogP contribution in [-0.4, -0.2) is 23.6 Å². The van der Waals surface area contributed by atoms with E-state index in [0.29, 0.717) is 17.0 Å². The topological polar surface area (TPSA) is 99.8 Å². The van der Waals surface area contributed by atoms with Gasteiger partial charge in [-0.2, -0.15) is 5.26 Å². The summed E-state index contributed by atoms with van der Waals surface area (Å²) >= 11 is 0. The van der Waals surface area contributed by atoms with Crippen molar-refractivity contribution in [3.63, 3.8) is 0 Å². The van der Waals surface area contributed by atoms with Crippen LogP contribution in [0.1, 0.15) is 43.9 Å². The molecular weight excluding hydrogens is 440 g/mol. The van der Waals surface area contributed by atoms with E-state index in [9.17, 15) is 15.4 Å². The number of benzene rings is 2. The maximum Gasteiger partial charge on any atom is 0.269 e. The van der Waals surface area contributed by atoms with Crippen LogP contribution in [0.3, 0.4) is 0 Å². The molecule has 8 heteroatoms. The second kappa shape index (κ2) is 12.3. The Kier molecular flexibility index (Phi) is 8.90. The minimum atomic E-state index is -0.452. The lowest BCUT2D eigenvalue weighted by atomic mass is 10.1. The first-order chi connectivity index (χ1) is 16.9. The molecule has 0 spiro atoms. The van der Waals surface area contributed by atoms with E-state index in [2.05, 4.69) is 27.8 Å². The molecule has 180 valence electrons. The molecule has 0 aliphatic rings. The lowest BCUT2D eigenvalue weighted by molar-refractivity contribution is -0.384. The summed E-state index contributed by atoms with van der Waals surface area (Å²) < 4.78 is 2.07. The monoisotopic (exact) mass is 470 g/mol. The number of azo groups is 1. The summed E-state index contributed by atoms with van der Waals surface area (Å²) in [6, 6.07) is 19.9. The number of nitrogens with zero attached hydrogens (tertiary/aromatic N) is 6. The number of aromatic nitrogens is 1. The van der Waals surface area contributed by atoms with Gasteiger partial charge in [-0.1, -0.05) is 26.2 Å². The maximum absolute atomic E-state index is 10.9. The molecule has 3 rings (SSSR count). The van der Waals surface area contributed by atoms with Gasteiger partial charge in [-0.25, -0.2) is 0 Å². The fourth-order valence-electron chi connectivity index (χ4n) is 3.64. The Bertz CT molecular complexity index is 1230. The van der Waals surface area contributed by atoms with Crippen LogP contribution >= 0.6 is 0 Å². The summed E-state index contributed by atoms with van der Waals surface area (Å²) in [5, 5.41) is 29.6. The zero-order valence-electron chi connectivity index (χ0n) is 20.4. The van der Waals surface area contributed by atoms with E-state index >= 15 is 0 Å². The summed E-state index contributed by atoms with van der Waals surface area (Å²) in [5.74, 6) is 0.713. The molecule has 0 amide bonds. The lowest BCUT2D eigenvalue weighted by Gasteiger charge is -2.11. The third kappa shape index (κ3) is 6.87. The molecule has 0 N–H and O–H groups in total. The van der Waals surface area contributed by atoms with E-state index in [4.69, 9.17) is 0 Å². The highest BCUT2D eigenvalue weighted by atomic mass is 16.6. The van der Waals surface area contributed by atoms with E-state index < -0.39 is 4.92 Å². The third-order valence-corrected chi connectivity index (χ3v) is 5.66. The van der Waals surface area contributed by atoms with Crippen LogP contribution in [0.25, 0.3) is 11.6 Å². The van der Waals surface area contributed by atoms with Gasteiger partial charge in [0, 0.05) is 44.2 Å². The van der Waals surface area contributed by atoms with Gasteiger partial charge in [0.25, 0.3) is 5.69 Å². The fourth-order valence-corrected chi connectivity index (χ4v) is 3.64. The van der Waals surface area contributed by atoms with Crippen LogP contribution in [0.2, 0.25) is 0 Å². The Labute approximate surface area is 206 Å². The molecule has 0 fully saturated rings. The first-order valence-electron chi connectivity index (χ1n) is 11.7. The van der Waals surface area contributed by atoms with Crippen LogP contribution < -0.4 is 4.90 Å². The molecule has 0 saturated heterocycles. The second-order valence-electron chi connectivity index (χ2n) is 8.41. The molecule has 0 unspecified atom stereocenters. The van der Waals surface area contributed by atoms with Gasteiger partial charge in [-0.3, -0.25) is 10.1 Å². The number of hydrogen-bond acceptors (Lipinski definition) is 6. The predicted octanol–water partition coefficient (Wildman–Crippen LogP) is 7.52. The molecule has 35 heavy (non-hydrogen) atoms. The fraction of sp³-hybridized carbons (Fsp3) is 0.296. The van der Waals surface area contributed by atoms with Gasteiger partial charge < -0.3 is 9.47 Å². The molecular formula is C27H30N6O2. The molecule has 0 radical (unpaired) electrons. The van der Waals surface area contributed by atoms with Gasteiger partial charge in [0.05, 0.1) is 22.3 Å². The summed E-state index contributed by atoms with van der Waals surface area (Å²) in [5.41, 5.74) is 3.73. The van der Waals surface area contributed by atoms with Crippen LogP contribution in [0.5, 0.6) is 0 Å². The summed E-state index contributed by atoms with van der Waals surface area (Å²) in [6.07, 6.45) is 6.20. The quantitative estimate of drug-likeness (QED) is 0.0950. The minimum absolute atomic E-state index is 0.00773. The Balaban J connectivity index is 1.91. The number of nitriles is 1. The number of nitro benzene ring substituents is 1. The normalized spacial score (nSPS) is 11.5. The highest BCUT2D eigenvalue weighted by Gasteiger charge is 2.11. The first kappa shape index (κ1) is 25.4. The molecule has 0 bridgehead atoms. The van der Waals surface area contributed by atoms with Gasteiger partial charge >= 0.3 is 0 Å². The van der Waals surface area contributed by atoms with Crippen LogP contribution in [0, 0.1) is 21.4 Å². The van der Waals surface area contributed by atoms with Crippen molar-refractivity contribution in [3.8, 4) is 6.07 Å². The molecule has 2 aromatic carbocycles. The number of hydrogen-bond donors (Lipinski definition) is 0. The number of anilines is 1. The molecule has 3 aromatic rings. The lowest BCUT2D eigenvalue weighted by Crippen LogP contribution is -2.07. The van der Waals surface area contributed by atoms with E-state index in [1.807, 2.05) is 55.4 Å². The molecule has 0 atom stereocenters. The molecule has 0 aliphatic heterocycles. The number of unbranched alkanes of at least 4 members (excludes halogenated alkanes) is 3. The van der Waals surface area contributed by atoms with Crippen molar-refractivity contribution in [1.29, 1.82) is 5.26 Å². The second-order valence-corrected chi connectivity index (χ2v) is 8.41. The van der Waals surface area contributed by atoms with Crippen molar-refractivity contribution in [2.75, 3.05) is 19.0 Å². The van der Waals surface area contributed by atoms with Crippen molar-refractivity contribution in [2.24, 2.45) is 10.2 Å². The zero-order chi connectivity index (χ0) is 25.2. The predicted molar refractivity (Wildman–Crippen MR) is 140 cm³/mol. The van der Waals surface area contributed by atoms with Crippen molar-refractivity contribution < 1.29 is 4.92 Å². The highest BCUT2D eigenvalue weighted by Crippen LogP contribution is 2.27. The highest BCUT2D eigenvalue weighted by molar-refractivity contribution is 5.89. The van der Waals surface area contributed by atoms with E-state index in [-0.39, 0.29) is 5.69 Å². The van der Waals surface area contributed by atoms with Gasteiger partial charge in [-0.15, -0.1) is 10.2 Å². The van der Waals surface area contributed by atoms with Crippen LogP contribution in [0.15, 0.2) is 70.9 Å². The number of rotatable bonds is 11. The van der Waals surface area contributed by atoms with Crippen LogP contribution in [-0.2, 0) is 6.54 Å². The van der Waals surface area contributed by atoms with Crippen molar-refractivity contribution >= 4 is 34.5 Å². The SMILES string of the molecule is CCCCCCn1c(/C=C(\C#N)c2ccc([N+](=O)[O-])cc2)ccc1N=Nc1ccc(N(C)C)cc1. The van der Waals surface area contributed by atoms with Crippen LogP contribution in [0.4, 0.5) is 22.9 Å². The molecule has 1 heterocycles. The molecule has 8 nitrogen and oxygen atoms in total. The Morgan fingerprint density at radius 3 is 2.34 bits per heavy atom. The molecule has 1 aromatic heterocycles. The summed E-state index contributed by atoms with van der Waals surface area (Å²) in [6.45, 7) is 2.93. The van der Waals surface area contributed by atoms with E-state index in [0.717, 1.165) is 49.3 Å². The van der Waals surface area contributed by atoms with Crippen molar-refractivity contribution in [3.05, 3.63) is 82.0 Å². The van der Waals surface area contributed by atoms with Crippen molar-refractivity contribution in [2.45, 2.75) is 39.2 Å². The first-order valence-corrected chi connectivity index (χ1v) is 11.7. The van der Waals surface area contributed by atoms with E-state index in [1.54, 1.807) is 18.2 Å². The largest absolute Gasteiger partial charge is 0.378 e. The number of non-ortho nitro benzene ring substituents is 1.